The summed E-state index contributed by atoms with van der Waals surface area (Å²) in [5.74, 6) is 3.48. The third-order valence-electron chi connectivity index (χ3n) is 4.74. The van der Waals surface area contributed by atoms with E-state index in [4.69, 9.17) is 14.0 Å². The van der Waals surface area contributed by atoms with Crippen LogP contribution in [0, 0.1) is 0 Å². The number of guanidine groups is 1. The van der Waals surface area contributed by atoms with Gasteiger partial charge in [0.1, 0.15) is 11.5 Å². The fourth-order valence-electron chi connectivity index (χ4n) is 3.09. The van der Waals surface area contributed by atoms with E-state index in [-0.39, 0.29) is 24.0 Å². The Hall–Kier alpha value is -2.82. The van der Waals surface area contributed by atoms with E-state index >= 15 is 0 Å². The Bertz CT molecular complexity index is 1020. The van der Waals surface area contributed by atoms with Gasteiger partial charge in [-0.2, -0.15) is 4.98 Å². The Morgan fingerprint density at radius 3 is 2.59 bits per heavy atom. The standard InChI is InChI=1S/C23H29N5O3.HI/c1-5-7-21-27-22(31-28-21)17-9-6-8-16(12-17)14-25-23(24-2)26-15-18-10-11-19(29-3)13-20(18)30-4;/h6,8-13H,5,7,14-15H2,1-4H3,(H2,24,25,26);1H. The molecule has 0 aliphatic heterocycles. The smallest absolute Gasteiger partial charge is 0.257 e. The molecule has 0 aliphatic carbocycles. The van der Waals surface area contributed by atoms with Gasteiger partial charge in [0, 0.05) is 43.8 Å². The number of hydrogen-bond acceptors (Lipinski definition) is 6. The number of nitrogens with one attached hydrogen (secondary N) is 2. The summed E-state index contributed by atoms with van der Waals surface area (Å²) in [4.78, 5) is 8.76. The Balaban J connectivity index is 0.00000363. The number of rotatable bonds is 9. The summed E-state index contributed by atoms with van der Waals surface area (Å²) in [5.41, 5.74) is 2.99. The number of methoxy groups -OCH3 is 2. The number of aromatic nitrogens is 2. The lowest BCUT2D eigenvalue weighted by molar-refractivity contribution is 0.390. The first-order valence-electron chi connectivity index (χ1n) is 10.2. The number of hydrogen-bond donors (Lipinski definition) is 2. The van der Waals surface area contributed by atoms with Crippen molar-refractivity contribution in [2.45, 2.75) is 32.9 Å². The van der Waals surface area contributed by atoms with E-state index in [1.54, 1.807) is 21.3 Å². The summed E-state index contributed by atoms with van der Waals surface area (Å²) in [7, 11) is 5.02. The molecule has 9 heteroatoms. The van der Waals surface area contributed by atoms with Gasteiger partial charge < -0.3 is 24.6 Å². The highest BCUT2D eigenvalue weighted by Gasteiger charge is 2.10. The molecule has 1 aromatic heterocycles. The van der Waals surface area contributed by atoms with Crippen molar-refractivity contribution >= 4 is 29.9 Å². The Morgan fingerprint density at radius 2 is 1.88 bits per heavy atom. The first-order chi connectivity index (χ1) is 15.2. The van der Waals surface area contributed by atoms with E-state index in [0.29, 0.717) is 24.9 Å². The lowest BCUT2D eigenvalue weighted by atomic mass is 10.1. The van der Waals surface area contributed by atoms with Gasteiger partial charge in [0.05, 0.1) is 14.2 Å². The Labute approximate surface area is 205 Å². The quantitative estimate of drug-likeness (QED) is 0.234. The van der Waals surface area contributed by atoms with Gasteiger partial charge >= 0.3 is 0 Å². The van der Waals surface area contributed by atoms with Crippen molar-refractivity contribution in [1.29, 1.82) is 0 Å². The number of aliphatic imine (C=N–C) groups is 1. The largest absolute Gasteiger partial charge is 0.497 e. The van der Waals surface area contributed by atoms with E-state index in [0.717, 1.165) is 46.9 Å². The Kier molecular flexibility index (Phi) is 10.3. The number of nitrogens with zero attached hydrogens (tertiary/aromatic N) is 3. The molecule has 0 unspecified atom stereocenters. The number of ether oxygens (including phenoxy) is 2. The lowest BCUT2D eigenvalue weighted by Crippen LogP contribution is -2.36. The van der Waals surface area contributed by atoms with Crippen molar-refractivity contribution < 1.29 is 14.0 Å². The zero-order valence-electron chi connectivity index (χ0n) is 18.8. The molecular weight excluding hydrogens is 521 g/mol. The van der Waals surface area contributed by atoms with Crippen LogP contribution in [0.5, 0.6) is 11.5 Å². The highest BCUT2D eigenvalue weighted by molar-refractivity contribution is 14.0. The van der Waals surface area contributed by atoms with Gasteiger partial charge in [-0.1, -0.05) is 24.2 Å². The molecule has 3 aromatic rings. The first-order valence-corrected chi connectivity index (χ1v) is 10.2. The molecule has 0 saturated carbocycles. The molecule has 0 saturated heterocycles. The zero-order chi connectivity index (χ0) is 22.1. The molecule has 0 atom stereocenters. The second-order valence-electron chi connectivity index (χ2n) is 6.92. The molecule has 0 fully saturated rings. The van der Waals surface area contributed by atoms with Crippen molar-refractivity contribution in [1.82, 2.24) is 20.8 Å². The maximum atomic E-state index is 5.46. The highest BCUT2D eigenvalue weighted by Crippen LogP contribution is 2.24. The van der Waals surface area contributed by atoms with Crippen LogP contribution in [-0.2, 0) is 19.5 Å². The van der Waals surface area contributed by atoms with E-state index in [2.05, 4.69) is 32.7 Å². The summed E-state index contributed by atoms with van der Waals surface area (Å²) in [6, 6.07) is 13.8. The molecular formula is C23H30IN5O3. The van der Waals surface area contributed by atoms with Crippen LogP contribution in [0.25, 0.3) is 11.5 Å². The summed E-state index contributed by atoms with van der Waals surface area (Å²) in [5, 5.41) is 10.7. The van der Waals surface area contributed by atoms with Crippen LogP contribution in [0.15, 0.2) is 52.0 Å². The third-order valence-corrected chi connectivity index (χ3v) is 4.74. The third kappa shape index (κ3) is 6.84. The van der Waals surface area contributed by atoms with Crippen molar-refractivity contribution in [3.05, 3.63) is 59.4 Å². The van der Waals surface area contributed by atoms with E-state index < -0.39 is 0 Å². The van der Waals surface area contributed by atoms with Crippen molar-refractivity contribution in [3.63, 3.8) is 0 Å². The summed E-state index contributed by atoms with van der Waals surface area (Å²) < 4.78 is 16.1. The molecule has 0 bridgehead atoms. The van der Waals surface area contributed by atoms with Crippen LogP contribution in [-0.4, -0.2) is 37.4 Å². The van der Waals surface area contributed by atoms with E-state index in [1.807, 2.05) is 42.5 Å². The van der Waals surface area contributed by atoms with Crippen LogP contribution < -0.4 is 20.1 Å². The van der Waals surface area contributed by atoms with E-state index in [9.17, 15) is 0 Å². The van der Waals surface area contributed by atoms with Crippen LogP contribution >= 0.6 is 24.0 Å². The zero-order valence-corrected chi connectivity index (χ0v) is 21.2. The topological polar surface area (TPSA) is 93.8 Å². The average Bonchev–Trinajstić information content (AvgIpc) is 3.28. The number of halogens is 1. The fourth-order valence-corrected chi connectivity index (χ4v) is 3.09. The van der Waals surface area contributed by atoms with Crippen LogP contribution in [0.4, 0.5) is 0 Å². The second kappa shape index (κ2) is 12.9. The minimum Gasteiger partial charge on any atom is -0.497 e. The van der Waals surface area contributed by atoms with Crippen molar-refractivity contribution in [2.75, 3.05) is 21.3 Å². The molecule has 2 aromatic carbocycles. The maximum absolute atomic E-state index is 5.46. The lowest BCUT2D eigenvalue weighted by Gasteiger charge is -2.14. The van der Waals surface area contributed by atoms with Gasteiger partial charge in [-0.25, -0.2) is 0 Å². The molecule has 0 radical (unpaired) electrons. The van der Waals surface area contributed by atoms with Gasteiger partial charge in [-0.15, -0.1) is 24.0 Å². The van der Waals surface area contributed by atoms with Crippen LogP contribution in [0.2, 0.25) is 0 Å². The van der Waals surface area contributed by atoms with Crippen LogP contribution in [0.3, 0.4) is 0 Å². The molecule has 8 nitrogen and oxygen atoms in total. The normalized spacial score (nSPS) is 10.9. The SMILES string of the molecule is CCCc1noc(-c2cccc(CNC(=NC)NCc3ccc(OC)cc3OC)c2)n1.I. The average molecular weight is 551 g/mol. The molecule has 0 amide bonds. The van der Waals surface area contributed by atoms with Crippen molar-refractivity contribution in [2.24, 2.45) is 4.99 Å². The van der Waals surface area contributed by atoms with Gasteiger partial charge in [0.15, 0.2) is 11.8 Å². The Morgan fingerprint density at radius 1 is 1.06 bits per heavy atom. The summed E-state index contributed by atoms with van der Waals surface area (Å²) in [6.07, 6.45) is 1.79. The summed E-state index contributed by atoms with van der Waals surface area (Å²) >= 11 is 0. The van der Waals surface area contributed by atoms with Crippen LogP contribution in [0.1, 0.15) is 30.3 Å². The number of aryl methyl sites for hydroxylation is 1. The predicted octanol–water partition coefficient (Wildman–Crippen LogP) is 4.19. The molecule has 2 N–H and O–H groups in total. The molecule has 172 valence electrons. The van der Waals surface area contributed by atoms with E-state index in [1.165, 1.54) is 0 Å². The maximum Gasteiger partial charge on any atom is 0.257 e. The molecule has 0 aliphatic rings. The van der Waals surface area contributed by atoms with Gasteiger partial charge in [-0.3, -0.25) is 4.99 Å². The van der Waals surface area contributed by atoms with Gasteiger partial charge in [0.25, 0.3) is 5.89 Å². The molecule has 0 spiro atoms. The fraction of sp³-hybridized carbons (Fsp3) is 0.348. The number of benzene rings is 2. The molecule has 3 rings (SSSR count). The highest BCUT2D eigenvalue weighted by atomic mass is 127. The monoisotopic (exact) mass is 551 g/mol. The second-order valence-corrected chi connectivity index (χ2v) is 6.92. The van der Waals surface area contributed by atoms with Gasteiger partial charge in [-0.05, 0) is 36.2 Å². The first kappa shape index (κ1) is 25.4. The van der Waals surface area contributed by atoms with Gasteiger partial charge in [0.2, 0.25) is 0 Å². The minimum atomic E-state index is 0. The van der Waals surface area contributed by atoms with Crippen molar-refractivity contribution in [3.8, 4) is 23.0 Å². The predicted molar refractivity (Wildman–Crippen MR) is 136 cm³/mol. The molecule has 32 heavy (non-hydrogen) atoms. The molecule has 1 heterocycles. The summed E-state index contributed by atoms with van der Waals surface area (Å²) in [6.45, 7) is 3.26. The minimum absolute atomic E-state index is 0.